The van der Waals surface area contributed by atoms with Crippen LogP contribution in [0.2, 0.25) is 0 Å². The lowest BCUT2D eigenvalue weighted by atomic mass is 10.2. The Hall–Kier alpha value is -2.87. The van der Waals surface area contributed by atoms with Gasteiger partial charge in [0.05, 0.1) is 29.4 Å². The molecule has 8 heteroatoms. The Morgan fingerprint density at radius 1 is 1.27 bits per heavy atom. The Kier molecular flexibility index (Phi) is 4.12. The standard InChI is InChI=1S/C18H15BrN4O3/c1-3-26-16-12(19)9-21-17-15(16)23(18(24)22-17)10-4-5-13-11(8-10)14(25-2)6-7-20-13/h4-9H,3H2,1-2H3,(H,21,22,24). The molecule has 7 nitrogen and oxygen atoms in total. The van der Waals surface area contributed by atoms with Gasteiger partial charge in [-0.25, -0.2) is 9.78 Å². The number of nitrogens with zero attached hydrogens (tertiary/aromatic N) is 3. The monoisotopic (exact) mass is 414 g/mol. The van der Waals surface area contributed by atoms with Crippen LogP contribution in [-0.2, 0) is 0 Å². The number of aromatic nitrogens is 4. The van der Waals surface area contributed by atoms with Gasteiger partial charge in [0.1, 0.15) is 11.3 Å². The van der Waals surface area contributed by atoms with Crippen molar-refractivity contribution in [2.45, 2.75) is 6.92 Å². The molecule has 0 bridgehead atoms. The second-order valence-corrected chi connectivity index (χ2v) is 6.40. The van der Waals surface area contributed by atoms with E-state index in [1.807, 2.05) is 25.1 Å². The molecule has 4 rings (SSSR count). The first-order valence-corrected chi connectivity index (χ1v) is 8.78. The van der Waals surface area contributed by atoms with Crippen molar-refractivity contribution >= 4 is 38.0 Å². The molecule has 132 valence electrons. The first-order valence-electron chi connectivity index (χ1n) is 7.99. The summed E-state index contributed by atoms with van der Waals surface area (Å²) in [5, 5.41) is 0.815. The Balaban J connectivity index is 2.06. The van der Waals surface area contributed by atoms with Crippen molar-refractivity contribution in [2.24, 2.45) is 0 Å². The summed E-state index contributed by atoms with van der Waals surface area (Å²) in [6, 6.07) is 7.34. The highest BCUT2D eigenvalue weighted by Crippen LogP contribution is 2.33. The molecule has 0 fully saturated rings. The molecule has 0 amide bonds. The number of aromatic amines is 1. The Morgan fingerprint density at radius 3 is 2.88 bits per heavy atom. The smallest absolute Gasteiger partial charge is 0.332 e. The van der Waals surface area contributed by atoms with E-state index < -0.39 is 0 Å². The lowest BCUT2D eigenvalue weighted by molar-refractivity contribution is 0.341. The van der Waals surface area contributed by atoms with E-state index in [4.69, 9.17) is 9.47 Å². The van der Waals surface area contributed by atoms with Gasteiger partial charge in [-0.2, -0.15) is 0 Å². The molecule has 4 aromatic rings. The van der Waals surface area contributed by atoms with Crippen LogP contribution in [0.4, 0.5) is 0 Å². The molecule has 0 saturated heterocycles. The maximum absolute atomic E-state index is 12.6. The first-order chi connectivity index (χ1) is 12.6. The lowest BCUT2D eigenvalue weighted by Crippen LogP contribution is -2.15. The normalized spacial score (nSPS) is 11.2. The fourth-order valence-corrected chi connectivity index (χ4v) is 3.38. The number of halogens is 1. The first kappa shape index (κ1) is 16.6. The lowest BCUT2D eigenvalue weighted by Gasteiger charge is -2.11. The molecule has 0 aliphatic carbocycles. The van der Waals surface area contributed by atoms with Crippen molar-refractivity contribution in [1.82, 2.24) is 19.5 Å². The van der Waals surface area contributed by atoms with Crippen LogP contribution in [0, 0.1) is 0 Å². The summed E-state index contributed by atoms with van der Waals surface area (Å²) >= 11 is 3.45. The van der Waals surface area contributed by atoms with Crippen LogP contribution < -0.4 is 15.2 Å². The highest BCUT2D eigenvalue weighted by Gasteiger charge is 2.18. The molecular weight excluding hydrogens is 400 g/mol. The molecule has 0 aliphatic heterocycles. The van der Waals surface area contributed by atoms with E-state index in [1.54, 1.807) is 30.1 Å². The SMILES string of the molecule is CCOc1c(Br)cnc2[nH]c(=O)n(-c3ccc4nccc(OC)c4c3)c12. The summed E-state index contributed by atoms with van der Waals surface area (Å²) in [6.45, 7) is 2.35. The number of hydrogen-bond acceptors (Lipinski definition) is 5. The minimum atomic E-state index is -0.297. The summed E-state index contributed by atoms with van der Waals surface area (Å²) in [6.07, 6.45) is 3.30. The van der Waals surface area contributed by atoms with Crippen molar-refractivity contribution in [2.75, 3.05) is 13.7 Å². The highest BCUT2D eigenvalue weighted by atomic mass is 79.9. The van der Waals surface area contributed by atoms with Crippen LogP contribution in [0.1, 0.15) is 6.92 Å². The molecule has 0 unspecified atom stereocenters. The van der Waals surface area contributed by atoms with Crippen molar-refractivity contribution < 1.29 is 9.47 Å². The molecule has 0 spiro atoms. The second kappa shape index (κ2) is 6.45. The Labute approximate surface area is 156 Å². The van der Waals surface area contributed by atoms with E-state index >= 15 is 0 Å². The fraction of sp³-hybridized carbons (Fsp3) is 0.167. The third-order valence-electron chi connectivity index (χ3n) is 4.07. The molecular formula is C18H15BrN4O3. The van der Waals surface area contributed by atoms with E-state index in [2.05, 4.69) is 30.9 Å². The van der Waals surface area contributed by atoms with Gasteiger partial charge in [0, 0.05) is 17.8 Å². The fourth-order valence-electron chi connectivity index (χ4n) is 2.97. The van der Waals surface area contributed by atoms with E-state index in [0.717, 1.165) is 10.9 Å². The van der Waals surface area contributed by atoms with Crippen LogP contribution >= 0.6 is 15.9 Å². The number of methoxy groups -OCH3 is 1. The third-order valence-corrected chi connectivity index (χ3v) is 4.63. The van der Waals surface area contributed by atoms with Gasteiger partial charge < -0.3 is 9.47 Å². The van der Waals surface area contributed by atoms with Crippen LogP contribution in [0.5, 0.6) is 11.5 Å². The minimum absolute atomic E-state index is 0.297. The summed E-state index contributed by atoms with van der Waals surface area (Å²) in [7, 11) is 1.60. The van der Waals surface area contributed by atoms with Crippen LogP contribution in [0.15, 0.2) is 45.9 Å². The molecule has 0 atom stereocenters. The van der Waals surface area contributed by atoms with Gasteiger partial charge in [-0.3, -0.25) is 14.5 Å². The van der Waals surface area contributed by atoms with Gasteiger partial charge in [-0.05, 0) is 47.1 Å². The summed E-state index contributed by atoms with van der Waals surface area (Å²) in [5.41, 5.74) is 2.19. The number of nitrogens with one attached hydrogen (secondary N) is 1. The molecule has 0 saturated carbocycles. The maximum atomic E-state index is 12.6. The number of pyridine rings is 2. The van der Waals surface area contributed by atoms with Gasteiger partial charge >= 0.3 is 5.69 Å². The van der Waals surface area contributed by atoms with Gasteiger partial charge in [-0.15, -0.1) is 0 Å². The number of imidazole rings is 1. The molecule has 3 heterocycles. The average Bonchev–Trinajstić information content (AvgIpc) is 2.99. The molecule has 3 aromatic heterocycles. The van der Waals surface area contributed by atoms with E-state index in [9.17, 15) is 4.79 Å². The maximum Gasteiger partial charge on any atom is 0.332 e. The largest absolute Gasteiger partial charge is 0.496 e. The molecule has 26 heavy (non-hydrogen) atoms. The van der Waals surface area contributed by atoms with Gasteiger partial charge in [0.25, 0.3) is 0 Å². The van der Waals surface area contributed by atoms with Crippen molar-refractivity contribution in [1.29, 1.82) is 0 Å². The molecule has 1 N–H and O–H groups in total. The zero-order chi connectivity index (χ0) is 18.3. The molecule has 1 aromatic carbocycles. The van der Waals surface area contributed by atoms with Gasteiger partial charge in [-0.1, -0.05) is 0 Å². The summed E-state index contributed by atoms with van der Waals surface area (Å²) in [4.78, 5) is 24.0. The minimum Gasteiger partial charge on any atom is -0.496 e. The van der Waals surface area contributed by atoms with E-state index in [1.165, 1.54) is 0 Å². The number of benzene rings is 1. The van der Waals surface area contributed by atoms with Crippen molar-refractivity contribution in [3.8, 4) is 17.2 Å². The zero-order valence-corrected chi connectivity index (χ0v) is 15.7. The van der Waals surface area contributed by atoms with Gasteiger partial charge in [0.2, 0.25) is 0 Å². The third kappa shape index (κ3) is 2.53. The van der Waals surface area contributed by atoms with Crippen molar-refractivity contribution in [3.05, 3.63) is 51.6 Å². The van der Waals surface area contributed by atoms with Crippen LogP contribution in [0.3, 0.4) is 0 Å². The zero-order valence-electron chi connectivity index (χ0n) is 14.1. The number of fused-ring (bicyclic) bond motifs is 2. The Bertz CT molecular complexity index is 1180. The number of ether oxygens (including phenoxy) is 2. The van der Waals surface area contributed by atoms with Gasteiger partial charge in [0.15, 0.2) is 11.4 Å². The van der Waals surface area contributed by atoms with Crippen LogP contribution in [0.25, 0.3) is 27.8 Å². The van der Waals surface area contributed by atoms with E-state index in [0.29, 0.717) is 39.4 Å². The molecule has 0 aliphatic rings. The number of H-pyrrole nitrogens is 1. The predicted molar refractivity (Wildman–Crippen MR) is 102 cm³/mol. The number of rotatable bonds is 4. The number of hydrogen-bond donors (Lipinski definition) is 1. The topological polar surface area (TPSA) is 82.0 Å². The molecule has 0 radical (unpaired) electrons. The Morgan fingerprint density at radius 2 is 2.12 bits per heavy atom. The average molecular weight is 415 g/mol. The van der Waals surface area contributed by atoms with Crippen LogP contribution in [-0.4, -0.2) is 33.2 Å². The summed E-state index contributed by atoms with van der Waals surface area (Å²) in [5.74, 6) is 1.25. The second-order valence-electron chi connectivity index (χ2n) is 5.55. The predicted octanol–water partition coefficient (Wildman–Crippen LogP) is 3.43. The van der Waals surface area contributed by atoms with E-state index in [-0.39, 0.29) is 5.69 Å². The quantitative estimate of drug-likeness (QED) is 0.552. The van der Waals surface area contributed by atoms with Crippen molar-refractivity contribution in [3.63, 3.8) is 0 Å². The summed E-state index contributed by atoms with van der Waals surface area (Å²) < 4.78 is 13.4. The highest BCUT2D eigenvalue weighted by molar-refractivity contribution is 9.10.